The second kappa shape index (κ2) is 11.3. The van der Waals surface area contributed by atoms with Crippen LogP contribution >= 0.6 is 0 Å². The number of rotatable bonds is 9. The van der Waals surface area contributed by atoms with Crippen LogP contribution in [0.15, 0.2) is 84.4 Å². The summed E-state index contributed by atoms with van der Waals surface area (Å²) in [5.74, 6) is -0.0729. The van der Waals surface area contributed by atoms with E-state index in [1.165, 1.54) is 17.7 Å². The molecule has 0 aliphatic carbocycles. The maximum Gasteiger partial charge on any atom is 0.261 e. The van der Waals surface area contributed by atoms with E-state index in [2.05, 4.69) is 5.32 Å². The van der Waals surface area contributed by atoms with Crippen LogP contribution in [-0.4, -0.2) is 12.5 Å². The van der Waals surface area contributed by atoms with Crippen LogP contribution in [-0.2, 0) is 17.8 Å². The SMILES string of the molecule is N#C/C(=C/c1ccc(OCc2cccc(F)c2)cc1)C(=O)NCCCc1ccccc1. The largest absolute Gasteiger partial charge is 0.489 e. The highest BCUT2D eigenvalue weighted by molar-refractivity contribution is 6.01. The number of carbonyl (C=O) groups is 1. The van der Waals surface area contributed by atoms with Gasteiger partial charge in [-0.2, -0.15) is 5.26 Å². The van der Waals surface area contributed by atoms with E-state index in [1.807, 2.05) is 36.4 Å². The van der Waals surface area contributed by atoms with E-state index in [9.17, 15) is 14.4 Å². The molecule has 0 radical (unpaired) electrons. The number of hydrogen-bond donors (Lipinski definition) is 1. The summed E-state index contributed by atoms with van der Waals surface area (Å²) in [5.41, 5.74) is 2.72. The lowest BCUT2D eigenvalue weighted by Gasteiger charge is -2.07. The van der Waals surface area contributed by atoms with Gasteiger partial charge >= 0.3 is 0 Å². The summed E-state index contributed by atoms with van der Waals surface area (Å²) in [5, 5.41) is 12.1. The Bertz CT molecular complexity index is 1070. The second-order valence-electron chi connectivity index (χ2n) is 7.00. The lowest BCUT2D eigenvalue weighted by Crippen LogP contribution is -2.25. The Kier molecular flexibility index (Phi) is 7.96. The number of nitriles is 1. The van der Waals surface area contributed by atoms with Crippen LogP contribution in [0.1, 0.15) is 23.1 Å². The molecule has 0 heterocycles. The molecule has 0 saturated heterocycles. The molecule has 0 bridgehead atoms. The monoisotopic (exact) mass is 414 g/mol. The lowest BCUT2D eigenvalue weighted by molar-refractivity contribution is -0.117. The molecule has 31 heavy (non-hydrogen) atoms. The van der Waals surface area contributed by atoms with E-state index < -0.39 is 0 Å². The van der Waals surface area contributed by atoms with Crippen LogP contribution in [0.3, 0.4) is 0 Å². The first-order valence-electron chi connectivity index (χ1n) is 10.1. The van der Waals surface area contributed by atoms with Gasteiger partial charge in [-0.25, -0.2) is 4.39 Å². The fourth-order valence-electron chi connectivity index (χ4n) is 3.00. The Balaban J connectivity index is 1.50. The highest BCUT2D eigenvalue weighted by atomic mass is 19.1. The maximum atomic E-state index is 13.2. The first-order chi connectivity index (χ1) is 15.1. The lowest BCUT2D eigenvalue weighted by atomic mass is 10.1. The van der Waals surface area contributed by atoms with Crippen molar-refractivity contribution in [3.05, 3.63) is 107 Å². The second-order valence-corrected chi connectivity index (χ2v) is 7.00. The fraction of sp³-hybridized carbons (Fsp3) is 0.154. The van der Waals surface area contributed by atoms with E-state index >= 15 is 0 Å². The van der Waals surface area contributed by atoms with Crippen LogP contribution in [0.5, 0.6) is 5.75 Å². The number of carbonyl (C=O) groups excluding carboxylic acids is 1. The van der Waals surface area contributed by atoms with Gasteiger partial charge in [0.1, 0.15) is 29.8 Å². The zero-order valence-corrected chi connectivity index (χ0v) is 17.1. The third-order valence-electron chi connectivity index (χ3n) is 4.62. The van der Waals surface area contributed by atoms with Crippen molar-refractivity contribution in [1.82, 2.24) is 5.32 Å². The standard InChI is InChI=1S/C26H23FN2O2/c27-24-10-4-8-22(17-24)19-31-25-13-11-21(12-14-25)16-23(18-28)26(30)29-15-5-9-20-6-2-1-3-7-20/h1-4,6-8,10-14,16-17H,5,9,15,19H2,(H,29,30)/b23-16-. The number of aryl methyl sites for hydroxylation is 1. The number of nitrogens with one attached hydrogen (secondary N) is 1. The van der Waals surface area contributed by atoms with Gasteiger partial charge in [-0.05, 0) is 59.9 Å². The summed E-state index contributed by atoms with van der Waals surface area (Å²) in [4.78, 5) is 12.3. The predicted molar refractivity (Wildman–Crippen MR) is 119 cm³/mol. The molecular weight excluding hydrogens is 391 g/mol. The fourth-order valence-corrected chi connectivity index (χ4v) is 3.00. The summed E-state index contributed by atoms with van der Waals surface area (Å²) in [6.07, 6.45) is 3.21. The molecule has 0 atom stereocenters. The zero-order chi connectivity index (χ0) is 21.9. The Hall–Kier alpha value is -3.91. The molecule has 0 unspecified atom stereocenters. The Morgan fingerprint density at radius 1 is 1.00 bits per heavy atom. The molecule has 1 amide bonds. The molecule has 0 aromatic heterocycles. The normalized spacial score (nSPS) is 10.9. The Morgan fingerprint density at radius 3 is 2.45 bits per heavy atom. The van der Waals surface area contributed by atoms with Gasteiger partial charge in [-0.15, -0.1) is 0 Å². The van der Waals surface area contributed by atoms with Crippen molar-refractivity contribution in [3.63, 3.8) is 0 Å². The number of nitrogens with zero attached hydrogens (tertiary/aromatic N) is 1. The van der Waals surface area contributed by atoms with Crippen molar-refractivity contribution in [2.45, 2.75) is 19.4 Å². The van der Waals surface area contributed by atoms with Crippen LogP contribution in [0, 0.1) is 17.1 Å². The van der Waals surface area contributed by atoms with Crippen molar-refractivity contribution >= 4 is 12.0 Å². The van der Waals surface area contributed by atoms with Crippen LogP contribution < -0.4 is 10.1 Å². The van der Waals surface area contributed by atoms with Crippen LogP contribution in [0.2, 0.25) is 0 Å². The van der Waals surface area contributed by atoms with Gasteiger partial charge in [0.2, 0.25) is 0 Å². The average Bonchev–Trinajstić information content (AvgIpc) is 2.80. The molecule has 4 nitrogen and oxygen atoms in total. The molecule has 1 N–H and O–H groups in total. The van der Waals surface area contributed by atoms with Gasteiger partial charge in [0, 0.05) is 6.54 Å². The molecular formula is C26H23FN2O2. The molecule has 3 rings (SSSR count). The highest BCUT2D eigenvalue weighted by Crippen LogP contribution is 2.16. The molecule has 0 aliphatic heterocycles. The zero-order valence-electron chi connectivity index (χ0n) is 17.1. The molecule has 3 aromatic carbocycles. The molecule has 3 aromatic rings. The van der Waals surface area contributed by atoms with Gasteiger partial charge in [-0.1, -0.05) is 54.6 Å². The number of halogens is 1. The number of hydrogen-bond acceptors (Lipinski definition) is 3. The van der Waals surface area contributed by atoms with Crippen molar-refractivity contribution in [1.29, 1.82) is 5.26 Å². The molecule has 5 heteroatoms. The first kappa shape index (κ1) is 21.8. The first-order valence-corrected chi connectivity index (χ1v) is 10.1. The Morgan fingerprint density at radius 2 is 1.74 bits per heavy atom. The summed E-state index contributed by atoms with van der Waals surface area (Å²) >= 11 is 0. The van der Waals surface area contributed by atoms with Gasteiger partial charge in [0.25, 0.3) is 5.91 Å². The van der Waals surface area contributed by atoms with Gasteiger partial charge in [0.05, 0.1) is 0 Å². The van der Waals surface area contributed by atoms with Crippen LogP contribution in [0.4, 0.5) is 4.39 Å². The average molecular weight is 414 g/mol. The van der Waals surface area contributed by atoms with E-state index in [-0.39, 0.29) is 23.9 Å². The minimum Gasteiger partial charge on any atom is -0.489 e. The smallest absolute Gasteiger partial charge is 0.261 e. The molecule has 0 spiro atoms. The molecule has 0 saturated carbocycles. The topological polar surface area (TPSA) is 62.1 Å². The van der Waals surface area contributed by atoms with Crippen molar-refractivity contribution < 1.29 is 13.9 Å². The molecule has 0 aliphatic rings. The van der Waals surface area contributed by atoms with E-state index in [1.54, 1.807) is 42.5 Å². The third kappa shape index (κ3) is 7.13. The van der Waals surface area contributed by atoms with E-state index in [4.69, 9.17) is 4.74 Å². The summed E-state index contributed by atoms with van der Waals surface area (Å²) in [6.45, 7) is 0.751. The minimum absolute atomic E-state index is 0.0492. The number of amides is 1. The predicted octanol–water partition coefficient (Wildman–Crippen LogP) is 5.06. The van der Waals surface area contributed by atoms with Gasteiger partial charge in [0.15, 0.2) is 0 Å². The van der Waals surface area contributed by atoms with Crippen molar-refractivity contribution in [3.8, 4) is 11.8 Å². The quantitative estimate of drug-likeness (QED) is 0.302. The van der Waals surface area contributed by atoms with E-state index in [0.717, 1.165) is 18.4 Å². The van der Waals surface area contributed by atoms with Gasteiger partial charge in [-0.3, -0.25) is 4.79 Å². The number of benzene rings is 3. The summed E-state index contributed by atoms with van der Waals surface area (Å²) in [6, 6.07) is 25.3. The third-order valence-corrected chi connectivity index (χ3v) is 4.62. The van der Waals surface area contributed by atoms with Crippen molar-refractivity contribution in [2.75, 3.05) is 6.54 Å². The molecule has 156 valence electrons. The molecule has 0 fully saturated rings. The van der Waals surface area contributed by atoms with Crippen LogP contribution in [0.25, 0.3) is 6.08 Å². The highest BCUT2D eigenvalue weighted by Gasteiger charge is 2.08. The van der Waals surface area contributed by atoms with Crippen molar-refractivity contribution in [2.24, 2.45) is 0 Å². The maximum absolute atomic E-state index is 13.2. The summed E-state index contributed by atoms with van der Waals surface area (Å²) in [7, 11) is 0. The number of ether oxygens (including phenoxy) is 1. The Labute approximate surface area is 181 Å². The summed E-state index contributed by atoms with van der Waals surface area (Å²) < 4.78 is 18.9. The minimum atomic E-state index is -0.387. The van der Waals surface area contributed by atoms with Gasteiger partial charge < -0.3 is 10.1 Å². The van der Waals surface area contributed by atoms with E-state index in [0.29, 0.717) is 17.9 Å².